The highest BCUT2D eigenvalue weighted by Gasteiger charge is 2.19. The van der Waals surface area contributed by atoms with Crippen LogP contribution in [-0.4, -0.2) is 37.2 Å². The second-order valence-electron chi connectivity index (χ2n) is 22.7. The Bertz CT molecular complexity index is 1750. The number of carbonyl (C=O) groups excluding carboxylic acids is 3. The number of unbranched alkanes of at least 4 members (excludes halogenated alkanes) is 29. The molecule has 0 bridgehead atoms. The van der Waals surface area contributed by atoms with Gasteiger partial charge in [0.15, 0.2) is 6.10 Å². The van der Waals surface area contributed by atoms with Crippen LogP contribution in [0.3, 0.4) is 0 Å². The fraction of sp³-hybridized carbons (Fsp3) is 0.675. The molecule has 6 nitrogen and oxygen atoms in total. The first kappa shape index (κ1) is 78.5. The molecule has 0 fully saturated rings. The van der Waals surface area contributed by atoms with E-state index in [0.29, 0.717) is 19.3 Å². The monoisotopic (exact) mass is 1150 g/mol. The molecule has 0 rings (SSSR count). The molecule has 0 amide bonds. The lowest BCUT2D eigenvalue weighted by Gasteiger charge is -2.18. The fourth-order valence-corrected chi connectivity index (χ4v) is 9.49. The van der Waals surface area contributed by atoms with Crippen LogP contribution in [0.5, 0.6) is 0 Å². The van der Waals surface area contributed by atoms with Crippen LogP contribution < -0.4 is 0 Å². The van der Waals surface area contributed by atoms with E-state index in [1.54, 1.807) is 0 Å². The van der Waals surface area contributed by atoms with Gasteiger partial charge in [-0.05, 0) is 135 Å². The molecule has 0 spiro atoms. The highest BCUT2D eigenvalue weighted by Crippen LogP contribution is 2.16. The Balaban J connectivity index is 4.43. The molecule has 0 radical (unpaired) electrons. The Hall–Kier alpha value is -4.45. The van der Waals surface area contributed by atoms with Crippen molar-refractivity contribution in [2.75, 3.05) is 13.2 Å². The molecule has 0 aliphatic heterocycles. The van der Waals surface area contributed by atoms with E-state index in [2.05, 4.69) is 154 Å². The second-order valence-corrected chi connectivity index (χ2v) is 22.7. The molecule has 6 heteroatoms. The predicted molar refractivity (Wildman–Crippen MR) is 362 cm³/mol. The van der Waals surface area contributed by atoms with Gasteiger partial charge in [-0.25, -0.2) is 0 Å². The van der Waals surface area contributed by atoms with E-state index < -0.39 is 6.10 Å². The number of carbonyl (C=O) groups is 3. The van der Waals surface area contributed by atoms with Gasteiger partial charge in [0.1, 0.15) is 13.2 Å². The van der Waals surface area contributed by atoms with Crippen LogP contribution in [0, 0.1) is 0 Å². The van der Waals surface area contributed by atoms with Gasteiger partial charge in [0, 0.05) is 19.3 Å². The highest BCUT2D eigenvalue weighted by atomic mass is 16.6. The molecule has 1 atom stereocenters. The molecule has 83 heavy (non-hydrogen) atoms. The summed E-state index contributed by atoms with van der Waals surface area (Å²) in [5.41, 5.74) is 0. The van der Waals surface area contributed by atoms with Crippen molar-refractivity contribution in [2.45, 2.75) is 322 Å². The number of esters is 3. The van der Waals surface area contributed by atoms with E-state index in [0.717, 1.165) is 148 Å². The highest BCUT2D eigenvalue weighted by molar-refractivity contribution is 5.71. The molecule has 0 aliphatic carbocycles. The minimum atomic E-state index is -0.799. The number of rotatable bonds is 62. The lowest BCUT2D eigenvalue weighted by Crippen LogP contribution is -2.30. The zero-order valence-electron chi connectivity index (χ0n) is 54.2. The third-order valence-corrected chi connectivity index (χ3v) is 14.6. The van der Waals surface area contributed by atoms with Crippen LogP contribution in [0.15, 0.2) is 134 Å². The summed E-state index contributed by atoms with van der Waals surface area (Å²) >= 11 is 0. The van der Waals surface area contributed by atoms with Gasteiger partial charge >= 0.3 is 17.9 Å². The average Bonchev–Trinajstić information content (AvgIpc) is 3.49. The van der Waals surface area contributed by atoms with Crippen molar-refractivity contribution >= 4 is 17.9 Å². The Morgan fingerprint density at radius 2 is 0.470 bits per heavy atom. The zero-order valence-corrected chi connectivity index (χ0v) is 54.2. The first-order valence-electron chi connectivity index (χ1n) is 34.7. The normalized spacial score (nSPS) is 13.0. The summed E-state index contributed by atoms with van der Waals surface area (Å²) in [5.74, 6) is -0.916. The maximum Gasteiger partial charge on any atom is 0.306 e. The first-order chi connectivity index (χ1) is 41.0. The SMILES string of the molecule is CC/C=C\C/C=C\C/C=C\C/C=C\C/C=C\C/C=C\C/C=C\CCCCCCCC(=O)OCC(COC(=O)CCCCCCCCC/C=C\C/C=C\C/C=C\CC)OC(=O)CCCCCCCCCCC/C=C\CCCCCCCCCC. The van der Waals surface area contributed by atoms with Crippen LogP contribution in [0.2, 0.25) is 0 Å². The summed E-state index contributed by atoms with van der Waals surface area (Å²) < 4.78 is 17.0. The summed E-state index contributed by atoms with van der Waals surface area (Å²) in [6.07, 6.45) is 98.9. The molecule has 0 aromatic rings. The molecule has 0 saturated carbocycles. The van der Waals surface area contributed by atoms with Crippen LogP contribution in [0.4, 0.5) is 0 Å². The lowest BCUT2D eigenvalue weighted by atomic mass is 10.1. The molecule has 1 unspecified atom stereocenters. The van der Waals surface area contributed by atoms with E-state index in [9.17, 15) is 14.4 Å². The largest absolute Gasteiger partial charge is 0.462 e. The molecular formula is C77H128O6. The summed E-state index contributed by atoms with van der Waals surface area (Å²) in [5, 5.41) is 0. The van der Waals surface area contributed by atoms with Crippen molar-refractivity contribution in [3.05, 3.63) is 134 Å². The maximum atomic E-state index is 13.0. The number of allylic oxidation sites excluding steroid dienone is 22. The smallest absolute Gasteiger partial charge is 0.306 e. The van der Waals surface area contributed by atoms with Gasteiger partial charge in [-0.1, -0.05) is 296 Å². The third kappa shape index (κ3) is 68.2. The predicted octanol–water partition coefficient (Wildman–Crippen LogP) is 24.1. The van der Waals surface area contributed by atoms with Gasteiger partial charge < -0.3 is 14.2 Å². The third-order valence-electron chi connectivity index (χ3n) is 14.6. The second kappa shape index (κ2) is 70.0. The van der Waals surface area contributed by atoms with Crippen molar-refractivity contribution in [3.63, 3.8) is 0 Å². The minimum Gasteiger partial charge on any atom is -0.462 e. The van der Waals surface area contributed by atoms with Gasteiger partial charge in [-0.2, -0.15) is 0 Å². The molecule has 0 heterocycles. The van der Waals surface area contributed by atoms with Gasteiger partial charge in [0.05, 0.1) is 0 Å². The Kier molecular flexibility index (Phi) is 66.3. The van der Waals surface area contributed by atoms with Gasteiger partial charge in [0.2, 0.25) is 0 Å². The van der Waals surface area contributed by atoms with Crippen molar-refractivity contribution in [1.29, 1.82) is 0 Å². The standard InChI is InChI=1S/C77H128O6/c1-4-7-10-13-16-19-22-25-28-31-33-35-36-37-38-39-40-42-43-46-49-52-55-58-61-64-67-70-76(79)82-73-74(72-81-75(78)69-66-63-60-57-54-51-48-45-30-27-24-21-18-15-12-9-6-3)83-77(80)71-68-65-62-59-56-53-50-47-44-41-34-32-29-26-23-20-17-14-11-8-5-2/h7,9-10,12,16,18-19,21,25,27-28,30,32-35,37-38,40,42,46,49,74H,4-6,8,11,13-15,17,20,22-24,26,29,31,36,39,41,43-45,47-48,50-73H2,1-3H3/b10-7-,12-9-,19-16-,21-18-,28-25-,30-27-,34-32-,35-33-,38-37-,42-40-,49-46-. The molecule has 0 aromatic heterocycles. The van der Waals surface area contributed by atoms with Gasteiger partial charge in [-0.3, -0.25) is 14.4 Å². The first-order valence-corrected chi connectivity index (χ1v) is 34.7. The molecule has 0 saturated heterocycles. The summed E-state index contributed by atoms with van der Waals surface area (Å²) in [7, 11) is 0. The number of ether oxygens (including phenoxy) is 3. The van der Waals surface area contributed by atoms with E-state index in [4.69, 9.17) is 14.2 Å². The van der Waals surface area contributed by atoms with Crippen molar-refractivity contribution in [3.8, 4) is 0 Å². The molecule has 0 aliphatic rings. The molecule has 0 N–H and O–H groups in total. The van der Waals surface area contributed by atoms with E-state index >= 15 is 0 Å². The Morgan fingerprint density at radius 3 is 0.747 bits per heavy atom. The van der Waals surface area contributed by atoms with Crippen LogP contribution >= 0.6 is 0 Å². The molecular weight excluding hydrogens is 1020 g/mol. The van der Waals surface area contributed by atoms with Crippen LogP contribution in [-0.2, 0) is 28.6 Å². The summed E-state index contributed by atoms with van der Waals surface area (Å²) in [6, 6.07) is 0. The topological polar surface area (TPSA) is 78.9 Å². The van der Waals surface area contributed by atoms with Gasteiger partial charge in [0.25, 0.3) is 0 Å². The van der Waals surface area contributed by atoms with E-state index in [-0.39, 0.29) is 31.1 Å². The average molecular weight is 1150 g/mol. The van der Waals surface area contributed by atoms with Crippen LogP contribution in [0.1, 0.15) is 316 Å². The Labute approximate surface area is 513 Å². The van der Waals surface area contributed by atoms with Crippen LogP contribution in [0.25, 0.3) is 0 Å². The Morgan fingerprint density at radius 1 is 0.253 bits per heavy atom. The van der Waals surface area contributed by atoms with Crippen molar-refractivity contribution in [2.24, 2.45) is 0 Å². The quantitative estimate of drug-likeness (QED) is 0.0261. The van der Waals surface area contributed by atoms with E-state index in [1.807, 2.05) is 0 Å². The maximum absolute atomic E-state index is 13.0. The van der Waals surface area contributed by atoms with Crippen molar-refractivity contribution in [1.82, 2.24) is 0 Å². The molecule has 472 valence electrons. The zero-order chi connectivity index (χ0) is 59.9. The number of hydrogen-bond acceptors (Lipinski definition) is 6. The summed E-state index contributed by atoms with van der Waals surface area (Å²) in [4.78, 5) is 38.5. The minimum absolute atomic E-state index is 0.0929. The van der Waals surface area contributed by atoms with Gasteiger partial charge in [-0.15, -0.1) is 0 Å². The lowest BCUT2D eigenvalue weighted by molar-refractivity contribution is -0.167. The van der Waals surface area contributed by atoms with E-state index in [1.165, 1.54) is 128 Å². The number of hydrogen-bond donors (Lipinski definition) is 0. The fourth-order valence-electron chi connectivity index (χ4n) is 9.49. The summed E-state index contributed by atoms with van der Waals surface area (Å²) in [6.45, 7) is 6.42. The molecule has 0 aromatic carbocycles. The van der Waals surface area contributed by atoms with Crippen molar-refractivity contribution < 1.29 is 28.6 Å².